The van der Waals surface area contributed by atoms with Crippen molar-refractivity contribution in [2.24, 2.45) is 0 Å². The molecule has 1 amide bonds. The van der Waals surface area contributed by atoms with E-state index in [1.807, 2.05) is 12.1 Å². The molecule has 0 fully saturated rings. The van der Waals surface area contributed by atoms with E-state index in [-0.39, 0.29) is 5.91 Å². The number of hydrogen-bond acceptors (Lipinski definition) is 4. The molecule has 2 unspecified atom stereocenters. The molecule has 0 saturated heterocycles. The summed E-state index contributed by atoms with van der Waals surface area (Å²) in [6.07, 6.45) is -0.469. The summed E-state index contributed by atoms with van der Waals surface area (Å²) >= 11 is 4.05. The molecular weight excluding hydrogens is 262 g/mol. The van der Waals surface area contributed by atoms with Gasteiger partial charge in [0, 0.05) is 19.2 Å². The third kappa shape index (κ3) is 2.94. The molecule has 1 heterocycles. The maximum absolute atomic E-state index is 11.4. The fraction of sp³-hybridized carbons (Fsp3) is 0.500. The third-order valence-electron chi connectivity index (χ3n) is 3.51. The lowest BCUT2D eigenvalue weighted by Crippen LogP contribution is -2.25. The van der Waals surface area contributed by atoms with E-state index < -0.39 is 12.2 Å². The summed E-state index contributed by atoms with van der Waals surface area (Å²) in [6, 6.07) is 5.49. The number of carbonyl (C=O) groups excluding carboxylic acids is 1. The van der Waals surface area contributed by atoms with E-state index in [2.05, 4.69) is 12.6 Å². The Kier molecular flexibility index (Phi) is 4.50. The van der Waals surface area contributed by atoms with Gasteiger partial charge in [-0.25, -0.2) is 0 Å². The molecule has 19 heavy (non-hydrogen) atoms. The highest BCUT2D eigenvalue weighted by molar-refractivity contribution is 7.80. The summed E-state index contributed by atoms with van der Waals surface area (Å²) in [5, 5.41) is 19.9. The number of anilines is 1. The van der Waals surface area contributed by atoms with E-state index in [0.29, 0.717) is 24.3 Å². The quantitative estimate of drug-likeness (QED) is 0.729. The summed E-state index contributed by atoms with van der Waals surface area (Å²) in [5.41, 5.74) is 2.65. The molecule has 0 spiro atoms. The lowest BCUT2D eigenvalue weighted by molar-refractivity contribution is -0.116. The highest BCUT2D eigenvalue weighted by atomic mass is 32.1. The number of aliphatic hydroxyl groups is 2. The van der Waals surface area contributed by atoms with E-state index in [1.54, 1.807) is 17.9 Å². The molecule has 2 N–H and O–H groups in total. The molecule has 104 valence electrons. The molecule has 2 atom stereocenters. The minimum atomic E-state index is -0.899. The smallest absolute Gasteiger partial charge is 0.223 e. The van der Waals surface area contributed by atoms with E-state index in [4.69, 9.17) is 0 Å². The van der Waals surface area contributed by atoms with Crippen LogP contribution in [0.2, 0.25) is 0 Å². The standard InChI is InChI=1S/C14H19NO3S/c1-9(16)15-6-4-10-8-11(2-3-12(10)15)14(18)13(17)5-7-19/h2-3,8,13-14,17-19H,4-7H2,1H3. The van der Waals surface area contributed by atoms with Gasteiger partial charge in [-0.2, -0.15) is 12.6 Å². The molecular formula is C14H19NO3S. The fourth-order valence-corrected chi connectivity index (χ4v) is 2.71. The number of carbonyl (C=O) groups is 1. The third-order valence-corrected chi connectivity index (χ3v) is 3.77. The Hall–Kier alpha value is -1.04. The zero-order chi connectivity index (χ0) is 14.0. The monoisotopic (exact) mass is 281 g/mol. The van der Waals surface area contributed by atoms with Crippen molar-refractivity contribution in [1.82, 2.24) is 0 Å². The average molecular weight is 281 g/mol. The molecule has 0 aliphatic carbocycles. The molecule has 0 saturated carbocycles. The minimum Gasteiger partial charge on any atom is -0.390 e. The zero-order valence-electron chi connectivity index (χ0n) is 10.9. The first kappa shape index (κ1) is 14.4. The maximum atomic E-state index is 11.4. The normalized spacial score (nSPS) is 17.2. The number of fused-ring (bicyclic) bond motifs is 1. The topological polar surface area (TPSA) is 60.8 Å². The number of thiol groups is 1. The lowest BCUT2D eigenvalue weighted by Gasteiger charge is -2.19. The Labute approximate surface area is 118 Å². The molecule has 1 aliphatic rings. The molecule has 4 nitrogen and oxygen atoms in total. The van der Waals surface area contributed by atoms with Crippen LogP contribution >= 0.6 is 12.6 Å². The number of hydrogen-bond donors (Lipinski definition) is 3. The summed E-state index contributed by atoms with van der Waals surface area (Å²) in [5.74, 6) is 0.559. The largest absolute Gasteiger partial charge is 0.390 e. The van der Waals surface area contributed by atoms with Gasteiger partial charge in [0.05, 0.1) is 6.10 Å². The van der Waals surface area contributed by atoms with Crippen LogP contribution in [0, 0.1) is 0 Å². The van der Waals surface area contributed by atoms with Crippen LogP contribution in [0.4, 0.5) is 5.69 Å². The first-order chi connectivity index (χ1) is 9.04. The zero-order valence-corrected chi connectivity index (χ0v) is 11.8. The van der Waals surface area contributed by atoms with Gasteiger partial charge in [0.25, 0.3) is 0 Å². The number of nitrogens with zero attached hydrogens (tertiary/aromatic N) is 1. The maximum Gasteiger partial charge on any atom is 0.223 e. The second-order valence-electron chi connectivity index (χ2n) is 4.83. The van der Waals surface area contributed by atoms with Crippen molar-refractivity contribution < 1.29 is 15.0 Å². The molecule has 0 aromatic heterocycles. The van der Waals surface area contributed by atoms with Crippen molar-refractivity contribution in [3.05, 3.63) is 29.3 Å². The van der Waals surface area contributed by atoms with Crippen LogP contribution in [0.3, 0.4) is 0 Å². The van der Waals surface area contributed by atoms with Crippen LogP contribution < -0.4 is 4.90 Å². The van der Waals surface area contributed by atoms with Crippen molar-refractivity contribution in [3.63, 3.8) is 0 Å². The highest BCUT2D eigenvalue weighted by Gasteiger charge is 2.24. The van der Waals surface area contributed by atoms with Crippen LogP contribution in [-0.2, 0) is 11.2 Å². The Bertz CT molecular complexity index is 478. The van der Waals surface area contributed by atoms with Gasteiger partial charge < -0.3 is 15.1 Å². The summed E-state index contributed by atoms with van der Waals surface area (Å²) < 4.78 is 0. The van der Waals surface area contributed by atoms with Gasteiger partial charge in [-0.15, -0.1) is 0 Å². The van der Waals surface area contributed by atoms with Crippen LogP contribution in [-0.4, -0.2) is 34.5 Å². The van der Waals surface area contributed by atoms with Crippen LogP contribution in [0.5, 0.6) is 0 Å². The van der Waals surface area contributed by atoms with Crippen molar-refractivity contribution in [3.8, 4) is 0 Å². The van der Waals surface area contributed by atoms with E-state index >= 15 is 0 Å². The number of amides is 1. The Morgan fingerprint density at radius 3 is 2.84 bits per heavy atom. The molecule has 2 rings (SSSR count). The molecule has 1 aromatic rings. The number of benzene rings is 1. The van der Waals surface area contributed by atoms with Gasteiger partial charge in [0.15, 0.2) is 0 Å². The number of rotatable bonds is 4. The number of aliphatic hydroxyl groups excluding tert-OH is 2. The first-order valence-electron chi connectivity index (χ1n) is 6.42. The van der Waals surface area contributed by atoms with Crippen molar-refractivity contribution in [1.29, 1.82) is 0 Å². The van der Waals surface area contributed by atoms with Crippen LogP contribution in [0.25, 0.3) is 0 Å². The molecule has 0 bridgehead atoms. The summed E-state index contributed by atoms with van der Waals surface area (Å²) in [4.78, 5) is 13.2. The molecule has 1 aliphatic heterocycles. The Morgan fingerprint density at radius 1 is 1.47 bits per heavy atom. The van der Waals surface area contributed by atoms with Gasteiger partial charge in [-0.3, -0.25) is 4.79 Å². The predicted octanol–water partition coefficient (Wildman–Crippen LogP) is 1.31. The van der Waals surface area contributed by atoms with Crippen molar-refractivity contribution >= 4 is 24.2 Å². The van der Waals surface area contributed by atoms with Gasteiger partial charge in [0.1, 0.15) is 6.10 Å². The fourth-order valence-electron chi connectivity index (χ4n) is 2.45. The first-order valence-corrected chi connectivity index (χ1v) is 7.05. The Balaban J connectivity index is 2.21. The predicted molar refractivity (Wildman–Crippen MR) is 77.6 cm³/mol. The summed E-state index contributed by atoms with van der Waals surface area (Å²) in [7, 11) is 0. The van der Waals surface area contributed by atoms with Crippen molar-refractivity contribution in [2.75, 3.05) is 17.2 Å². The minimum absolute atomic E-state index is 0.0298. The second-order valence-corrected chi connectivity index (χ2v) is 5.28. The Morgan fingerprint density at radius 2 is 2.21 bits per heavy atom. The van der Waals surface area contributed by atoms with Gasteiger partial charge in [0.2, 0.25) is 5.91 Å². The van der Waals surface area contributed by atoms with Gasteiger partial charge in [-0.05, 0) is 35.8 Å². The van der Waals surface area contributed by atoms with E-state index in [9.17, 15) is 15.0 Å². The lowest BCUT2D eigenvalue weighted by atomic mass is 9.99. The summed E-state index contributed by atoms with van der Waals surface area (Å²) in [6.45, 7) is 2.23. The van der Waals surface area contributed by atoms with Crippen LogP contribution in [0.1, 0.15) is 30.6 Å². The second kappa shape index (κ2) is 5.94. The van der Waals surface area contributed by atoms with E-state index in [1.165, 1.54) is 0 Å². The van der Waals surface area contributed by atoms with Crippen molar-refractivity contribution in [2.45, 2.75) is 32.0 Å². The van der Waals surface area contributed by atoms with Gasteiger partial charge >= 0.3 is 0 Å². The van der Waals surface area contributed by atoms with Crippen LogP contribution in [0.15, 0.2) is 18.2 Å². The molecule has 5 heteroatoms. The molecule has 0 radical (unpaired) electrons. The highest BCUT2D eigenvalue weighted by Crippen LogP contribution is 2.31. The average Bonchev–Trinajstić information content (AvgIpc) is 2.80. The van der Waals surface area contributed by atoms with E-state index in [0.717, 1.165) is 17.7 Å². The molecule has 1 aromatic carbocycles. The SMILES string of the molecule is CC(=O)N1CCc2cc(C(O)C(O)CCS)ccc21. The van der Waals surface area contributed by atoms with Gasteiger partial charge in [-0.1, -0.05) is 12.1 Å².